The van der Waals surface area contributed by atoms with Crippen molar-refractivity contribution in [2.75, 3.05) is 38.6 Å². The van der Waals surface area contributed by atoms with Crippen molar-refractivity contribution in [1.82, 2.24) is 9.88 Å². The molecule has 0 radical (unpaired) electrons. The van der Waals surface area contributed by atoms with Gasteiger partial charge >= 0.3 is 0 Å². The topological polar surface area (TPSA) is 43.2 Å². The first kappa shape index (κ1) is 15.8. The lowest BCUT2D eigenvalue weighted by atomic mass is 9.95. The highest BCUT2D eigenvalue weighted by atomic mass is 15.2. The molecular weight excluding hydrogens is 260 g/mol. The average molecular weight is 286 g/mol. The molecule has 1 aliphatic rings. The number of nitrogens with zero attached hydrogens (tertiary/aromatic N) is 4. The van der Waals surface area contributed by atoms with Crippen molar-refractivity contribution in [2.45, 2.75) is 39.0 Å². The molecule has 2 rings (SSSR count). The lowest BCUT2D eigenvalue weighted by molar-refractivity contribution is 0.412. The zero-order chi connectivity index (χ0) is 15.2. The number of fused-ring (bicyclic) bond motifs is 1. The summed E-state index contributed by atoms with van der Waals surface area (Å²) in [4.78, 5) is 9.31. The fourth-order valence-electron chi connectivity index (χ4n) is 2.86. The average Bonchev–Trinajstić information content (AvgIpc) is 2.50. The lowest BCUT2D eigenvalue weighted by Crippen LogP contribution is -2.34. The first-order valence-corrected chi connectivity index (χ1v) is 7.98. The largest absolute Gasteiger partial charge is 0.354 e. The summed E-state index contributed by atoms with van der Waals surface area (Å²) < 4.78 is 0. The quantitative estimate of drug-likeness (QED) is 0.806. The number of anilines is 1. The SMILES string of the molecule is CCCN(CCN(C)C)c1nc2c(cc1C#N)CCCC2. The number of likely N-dealkylation sites (N-methyl/N-ethyl adjacent to an activating group) is 1. The molecular formula is C17H26N4. The number of aryl methyl sites for hydroxylation is 2. The Morgan fingerprint density at radius 2 is 1.95 bits per heavy atom. The molecule has 0 fully saturated rings. The molecule has 0 amide bonds. The Morgan fingerprint density at radius 3 is 2.62 bits per heavy atom. The highest BCUT2D eigenvalue weighted by molar-refractivity contribution is 5.56. The van der Waals surface area contributed by atoms with Crippen LogP contribution in [0.1, 0.15) is 43.0 Å². The molecule has 0 unspecified atom stereocenters. The predicted molar refractivity (Wildman–Crippen MR) is 86.7 cm³/mol. The molecule has 0 atom stereocenters. The molecule has 0 aliphatic heterocycles. The minimum absolute atomic E-state index is 0.739. The van der Waals surface area contributed by atoms with E-state index >= 15 is 0 Å². The normalized spacial score (nSPS) is 13.9. The van der Waals surface area contributed by atoms with Crippen molar-refractivity contribution in [2.24, 2.45) is 0 Å². The van der Waals surface area contributed by atoms with Gasteiger partial charge in [0.2, 0.25) is 0 Å². The fourth-order valence-corrected chi connectivity index (χ4v) is 2.86. The van der Waals surface area contributed by atoms with E-state index in [2.05, 4.69) is 43.0 Å². The van der Waals surface area contributed by atoms with E-state index in [0.29, 0.717) is 0 Å². The summed E-state index contributed by atoms with van der Waals surface area (Å²) in [7, 11) is 4.16. The zero-order valence-corrected chi connectivity index (χ0v) is 13.5. The lowest BCUT2D eigenvalue weighted by Gasteiger charge is -2.27. The van der Waals surface area contributed by atoms with Crippen molar-refractivity contribution >= 4 is 5.82 Å². The minimum atomic E-state index is 0.739. The van der Waals surface area contributed by atoms with E-state index in [1.54, 1.807) is 0 Å². The van der Waals surface area contributed by atoms with Crippen LogP contribution in [0.3, 0.4) is 0 Å². The number of hydrogen-bond acceptors (Lipinski definition) is 4. The van der Waals surface area contributed by atoms with Crippen molar-refractivity contribution < 1.29 is 0 Å². The van der Waals surface area contributed by atoms with Gasteiger partial charge in [-0.1, -0.05) is 6.92 Å². The number of nitriles is 1. The van der Waals surface area contributed by atoms with Crippen molar-refractivity contribution in [1.29, 1.82) is 5.26 Å². The first-order chi connectivity index (χ1) is 10.2. The maximum atomic E-state index is 9.49. The van der Waals surface area contributed by atoms with Crippen molar-refractivity contribution in [3.63, 3.8) is 0 Å². The van der Waals surface area contributed by atoms with Crippen LogP contribution in [-0.4, -0.2) is 43.6 Å². The van der Waals surface area contributed by atoms with Crippen molar-refractivity contribution in [3.05, 3.63) is 22.9 Å². The summed E-state index contributed by atoms with van der Waals surface area (Å²) in [6, 6.07) is 4.43. The summed E-state index contributed by atoms with van der Waals surface area (Å²) in [5.74, 6) is 0.891. The third-order valence-electron chi connectivity index (χ3n) is 4.01. The van der Waals surface area contributed by atoms with E-state index in [4.69, 9.17) is 4.98 Å². The smallest absolute Gasteiger partial charge is 0.146 e. The third-order valence-corrected chi connectivity index (χ3v) is 4.01. The molecule has 21 heavy (non-hydrogen) atoms. The summed E-state index contributed by atoms with van der Waals surface area (Å²) in [6.45, 7) is 5.02. The van der Waals surface area contributed by atoms with Crippen LogP contribution < -0.4 is 4.90 Å². The maximum absolute atomic E-state index is 9.49. The van der Waals surface area contributed by atoms with Gasteiger partial charge in [0, 0.05) is 25.3 Å². The molecule has 1 aromatic heterocycles. The Morgan fingerprint density at radius 1 is 1.19 bits per heavy atom. The molecule has 4 nitrogen and oxygen atoms in total. The fraction of sp³-hybridized carbons (Fsp3) is 0.647. The van der Waals surface area contributed by atoms with Crippen LogP contribution in [0, 0.1) is 11.3 Å². The molecule has 0 bridgehead atoms. The van der Waals surface area contributed by atoms with E-state index in [9.17, 15) is 5.26 Å². The van der Waals surface area contributed by atoms with Crippen LogP contribution in [0.25, 0.3) is 0 Å². The molecule has 0 saturated heterocycles. The first-order valence-electron chi connectivity index (χ1n) is 7.98. The molecule has 114 valence electrons. The van der Waals surface area contributed by atoms with Gasteiger partial charge in [-0.05, 0) is 57.8 Å². The van der Waals surface area contributed by atoms with Crippen LogP contribution in [-0.2, 0) is 12.8 Å². The molecule has 0 saturated carbocycles. The Labute approximate surface area is 128 Å². The van der Waals surface area contributed by atoms with Gasteiger partial charge in [0.1, 0.15) is 11.9 Å². The Balaban J connectivity index is 2.31. The van der Waals surface area contributed by atoms with Crippen LogP contribution in [0.15, 0.2) is 6.07 Å². The number of rotatable bonds is 6. The van der Waals surface area contributed by atoms with Gasteiger partial charge in [-0.3, -0.25) is 0 Å². The van der Waals surface area contributed by atoms with Gasteiger partial charge in [-0.15, -0.1) is 0 Å². The summed E-state index contributed by atoms with van der Waals surface area (Å²) >= 11 is 0. The predicted octanol–water partition coefficient (Wildman–Crippen LogP) is 2.61. The molecule has 0 spiro atoms. The molecule has 0 N–H and O–H groups in total. The molecule has 1 heterocycles. The zero-order valence-electron chi connectivity index (χ0n) is 13.5. The monoisotopic (exact) mass is 286 g/mol. The number of pyridine rings is 1. The third kappa shape index (κ3) is 3.95. The van der Waals surface area contributed by atoms with Crippen molar-refractivity contribution in [3.8, 4) is 6.07 Å². The van der Waals surface area contributed by atoms with Gasteiger partial charge < -0.3 is 9.80 Å². The van der Waals surface area contributed by atoms with E-state index < -0.39 is 0 Å². The van der Waals surface area contributed by atoms with Crippen LogP contribution in [0.5, 0.6) is 0 Å². The van der Waals surface area contributed by atoms with Crippen LogP contribution in [0.4, 0.5) is 5.82 Å². The minimum Gasteiger partial charge on any atom is -0.354 e. The standard InChI is InChI=1S/C17H26N4/c1-4-9-21(11-10-20(2)3)17-15(13-18)12-14-7-5-6-8-16(14)19-17/h12H,4-11H2,1-3H3. The summed E-state index contributed by atoms with van der Waals surface area (Å²) in [6.07, 6.45) is 5.64. The van der Waals surface area contributed by atoms with Crippen LogP contribution in [0.2, 0.25) is 0 Å². The molecule has 0 aromatic carbocycles. The second kappa shape index (κ2) is 7.42. The maximum Gasteiger partial charge on any atom is 0.146 e. The molecule has 1 aliphatic carbocycles. The molecule has 1 aromatic rings. The molecule has 4 heteroatoms. The van der Waals surface area contributed by atoms with Gasteiger partial charge in [-0.2, -0.15) is 5.26 Å². The van der Waals surface area contributed by atoms with E-state index in [1.165, 1.54) is 24.1 Å². The van der Waals surface area contributed by atoms with Gasteiger partial charge in [-0.25, -0.2) is 4.98 Å². The van der Waals surface area contributed by atoms with E-state index in [1.807, 2.05) is 0 Å². The van der Waals surface area contributed by atoms with Gasteiger partial charge in [0.15, 0.2) is 0 Å². The van der Waals surface area contributed by atoms with Crippen LogP contribution >= 0.6 is 0 Å². The van der Waals surface area contributed by atoms with E-state index in [0.717, 1.165) is 50.3 Å². The number of hydrogen-bond donors (Lipinski definition) is 0. The second-order valence-corrected chi connectivity index (χ2v) is 6.07. The Kier molecular flexibility index (Phi) is 5.58. The summed E-state index contributed by atoms with van der Waals surface area (Å²) in [5.41, 5.74) is 3.23. The van der Waals surface area contributed by atoms with Gasteiger partial charge in [0.25, 0.3) is 0 Å². The Bertz CT molecular complexity index is 516. The highest BCUT2D eigenvalue weighted by Gasteiger charge is 2.18. The number of aromatic nitrogens is 1. The summed E-state index contributed by atoms with van der Waals surface area (Å²) in [5, 5.41) is 9.49. The van der Waals surface area contributed by atoms with Gasteiger partial charge in [0.05, 0.1) is 5.56 Å². The van der Waals surface area contributed by atoms with E-state index in [-0.39, 0.29) is 0 Å². The Hall–Kier alpha value is -1.60. The second-order valence-electron chi connectivity index (χ2n) is 6.07. The highest BCUT2D eigenvalue weighted by Crippen LogP contribution is 2.26.